The molecule has 0 spiro atoms. The number of hydrogen-bond acceptors (Lipinski definition) is 1. The number of phenols is 1. The average Bonchev–Trinajstić information content (AvgIpc) is 1.77. The number of phenolic OH excluding ortho intramolecular Hbond substituents is 1. The third-order valence-corrected chi connectivity index (χ3v) is 1.12. The lowest BCUT2D eigenvalue weighted by atomic mass is 10.2. The normalized spacial score (nSPS) is 8.11. The lowest BCUT2D eigenvalue weighted by Gasteiger charge is -1.92. The lowest BCUT2D eigenvalue weighted by molar-refractivity contribution is 0.471. The second-order valence-corrected chi connectivity index (χ2v) is 1.79. The fourth-order valence-electron chi connectivity index (χ4n) is 0.563. The summed E-state index contributed by atoms with van der Waals surface area (Å²) in [5, 5.41) is 8.92. The molecule has 0 fully saturated rings. The number of rotatable bonds is 0. The quantitative estimate of drug-likeness (QED) is 0.533. The third-order valence-electron chi connectivity index (χ3n) is 1.12. The van der Waals surface area contributed by atoms with Crippen LogP contribution in [0, 0.1) is 6.92 Å². The van der Waals surface area contributed by atoms with E-state index in [1.807, 2.05) is 25.1 Å². The average molecular weight is 136 g/mol. The summed E-state index contributed by atoms with van der Waals surface area (Å²) in [4.78, 5) is 0. The van der Waals surface area contributed by atoms with Crippen molar-refractivity contribution in [3.8, 4) is 5.75 Å². The molecule has 0 saturated heterocycles. The Kier molecular flexibility index (Phi) is 3.02. The fourth-order valence-corrected chi connectivity index (χ4v) is 0.563. The minimum absolute atomic E-state index is 0. The number of para-hydroxylation sites is 1. The zero-order chi connectivity index (χ0) is 5.98. The summed E-state index contributed by atoms with van der Waals surface area (Å²) in [5.74, 6) is 0.368. The molecule has 0 aromatic heterocycles. The molecule has 0 amide bonds. The lowest BCUT2D eigenvalue weighted by Crippen LogP contribution is -1.68. The van der Waals surface area contributed by atoms with Crippen LogP contribution in [0.1, 0.15) is 5.56 Å². The van der Waals surface area contributed by atoms with Gasteiger partial charge < -0.3 is 5.11 Å². The van der Waals surface area contributed by atoms with E-state index in [0.717, 1.165) is 5.56 Å². The molecular weight excluding hydrogens is 128 g/mol. The largest absolute Gasteiger partial charge is 0.508 e. The maximum Gasteiger partial charge on any atom is 0.118 e. The summed E-state index contributed by atoms with van der Waals surface area (Å²) in [7, 11) is 0. The summed E-state index contributed by atoms with van der Waals surface area (Å²) in [6, 6.07) is 7.25. The number of aryl methyl sites for hydroxylation is 1. The van der Waals surface area contributed by atoms with Gasteiger partial charge in [-0.1, -0.05) is 18.2 Å². The van der Waals surface area contributed by atoms with E-state index < -0.39 is 0 Å². The summed E-state index contributed by atoms with van der Waals surface area (Å²) in [5.41, 5.74) is 0.924. The molecule has 1 nitrogen and oxygen atoms in total. The smallest absolute Gasteiger partial charge is 0.118 e. The molecule has 0 aliphatic heterocycles. The van der Waals surface area contributed by atoms with Gasteiger partial charge in [-0.15, -0.1) is 0 Å². The Bertz CT molecular complexity index is 165. The molecule has 0 heterocycles. The fraction of sp³-hybridized carbons (Fsp3) is 0.143. The molecule has 1 aromatic carbocycles. The molecule has 46 valence electrons. The monoisotopic (exact) mass is 136 g/mol. The first-order valence-corrected chi connectivity index (χ1v) is 2.55. The SMILES string of the molecule is Cc1ccccc1O.[Si]. The maximum absolute atomic E-state index is 8.92. The van der Waals surface area contributed by atoms with E-state index in [1.165, 1.54) is 0 Å². The van der Waals surface area contributed by atoms with Crippen molar-refractivity contribution >= 4 is 11.0 Å². The molecule has 0 aliphatic carbocycles. The molecule has 0 bridgehead atoms. The summed E-state index contributed by atoms with van der Waals surface area (Å²) in [6.07, 6.45) is 0. The number of benzene rings is 1. The Hall–Kier alpha value is -0.763. The molecule has 1 aromatic rings. The molecule has 9 heavy (non-hydrogen) atoms. The van der Waals surface area contributed by atoms with Crippen molar-refractivity contribution in [2.24, 2.45) is 0 Å². The number of aromatic hydroxyl groups is 1. The summed E-state index contributed by atoms with van der Waals surface area (Å²) in [6.45, 7) is 1.87. The highest BCUT2D eigenvalue weighted by Crippen LogP contribution is 2.12. The second kappa shape index (κ2) is 3.30. The maximum atomic E-state index is 8.92. The van der Waals surface area contributed by atoms with Crippen LogP contribution in [0.15, 0.2) is 24.3 Å². The van der Waals surface area contributed by atoms with Crippen molar-refractivity contribution in [1.29, 1.82) is 0 Å². The van der Waals surface area contributed by atoms with E-state index in [9.17, 15) is 0 Å². The molecule has 1 N–H and O–H groups in total. The topological polar surface area (TPSA) is 20.2 Å². The standard InChI is InChI=1S/C7H8O.Si/c1-6-4-2-3-5-7(6)8;/h2-5,8H,1H3;. The van der Waals surface area contributed by atoms with Crippen molar-refractivity contribution in [2.75, 3.05) is 0 Å². The predicted octanol–water partition coefficient (Wildman–Crippen LogP) is 1.32. The van der Waals surface area contributed by atoms with Gasteiger partial charge in [-0.3, -0.25) is 0 Å². The van der Waals surface area contributed by atoms with E-state index in [0.29, 0.717) is 5.75 Å². The minimum Gasteiger partial charge on any atom is -0.508 e. The Labute approximate surface area is 59.4 Å². The highest BCUT2D eigenvalue weighted by molar-refractivity contribution is 5.75. The van der Waals surface area contributed by atoms with E-state index in [-0.39, 0.29) is 11.0 Å². The van der Waals surface area contributed by atoms with Crippen LogP contribution in [0.2, 0.25) is 0 Å². The Morgan fingerprint density at radius 2 is 1.78 bits per heavy atom. The van der Waals surface area contributed by atoms with Crippen molar-refractivity contribution in [3.63, 3.8) is 0 Å². The third kappa shape index (κ3) is 1.89. The Balaban J connectivity index is 0.000000640. The van der Waals surface area contributed by atoms with Gasteiger partial charge in [0, 0.05) is 11.0 Å². The first kappa shape index (κ1) is 8.24. The first-order valence-electron chi connectivity index (χ1n) is 2.55. The molecule has 0 unspecified atom stereocenters. The van der Waals surface area contributed by atoms with Crippen molar-refractivity contribution in [3.05, 3.63) is 29.8 Å². The van der Waals surface area contributed by atoms with Crippen LogP contribution >= 0.6 is 0 Å². The van der Waals surface area contributed by atoms with Gasteiger partial charge in [0.2, 0.25) is 0 Å². The van der Waals surface area contributed by atoms with Gasteiger partial charge in [-0.05, 0) is 18.6 Å². The first-order chi connectivity index (χ1) is 3.80. The van der Waals surface area contributed by atoms with Crippen molar-refractivity contribution in [2.45, 2.75) is 6.92 Å². The highest BCUT2D eigenvalue weighted by Gasteiger charge is 1.86. The summed E-state index contributed by atoms with van der Waals surface area (Å²) >= 11 is 0. The van der Waals surface area contributed by atoms with Crippen LogP contribution < -0.4 is 0 Å². The zero-order valence-electron chi connectivity index (χ0n) is 5.26. The van der Waals surface area contributed by atoms with Crippen molar-refractivity contribution < 1.29 is 5.11 Å². The van der Waals surface area contributed by atoms with Crippen LogP contribution in [0.4, 0.5) is 0 Å². The Morgan fingerprint density at radius 1 is 1.22 bits per heavy atom. The van der Waals surface area contributed by atoms with Gasteiger partial charge in [-0.25, -0.2) is 0 Å². The van der Waals surface area contributed by atoms with Crippen LogP contribution in [0.3, 0.4) is 0 Å². The molecule has 0 saturated carbocycles. The Morgan fingerprint density at radius 3 is 2.11 bits per heavy atom. The van der Waals surface area contributed by atoms with E-state index in [2.05, 4.69) is 0 Å². The predicted molar refractivity (Wildman–Crippen MR) is 38.6 cm³/mol. The summed E-state index contributed by atoms with van der Waals surface area (Å²) < 4.78 is 0. The van der Waals surface area contributed by atoms with Gasteiger partial charge in [0.25, 0.3) is 0 Å². The van der Waals surface area contributed by atoms with E-state index in [1.54, 1.807) is 6.07 Å². The van der Waals surface area contributed by atoms with Gasteiger partial charge in [-0.2, -0.15) is 0 Å². The minimum atomic E-state index is 0. The van der Waals surface area contributed by atoms with Crippen LogP contribution in [0.25, 0.3) is 0 Å². The molecule has 0 aliphatic rings. The highest BCUT2D eigenvalue weighted by atomic mass is 28.1. The molecule has 0 atom stereocenters. The van der Waals surface area contributed by atoms with E-state index in [4.69, 9.17) is 5.11 Å². The molecular formula is C7H8OSi. The van der Waals surface area contributed by atoms with Crippen LogP contribution in [-0.2, 0) is 0 Å². The van der Waals surface area contributed by atoms with Gasteiger partial charge in [0.05, 0.1) is 0 Å². The van der Waals surface area contributed by atoms with Crippen molar-refractivity contribution in [1.82, 2.24) is 0 Å². The van der Waals surface area contributed by atoms with Crippen LogP contribution in [0.5, 0.6) is 5.75 Å². The molecule has 1 rings (SSSR count). The van der Waals surface area contributed by atoms with Gasteiger partial charge in [0.15, 0.2) is 0 Å². The zero-order valence-corrected chi connectivity index (χ0v) is 6.26. The van der Waals surface area contributed by atoms with Gasteiger partial charge >= 0.3 is 0 Å². The van der Waals surface area contributed by atoms with Gasteiger partial charge in [0.1, 0.15) is 5.75 Å². The molecule has 4 radical (unpaired) electrons. The number of hydrogen-bond donors (Lipinski definition) is 1. The molecule has 2 heteroatoms. The van der Waals surface area contributed by atoms with E-state index >= 15 is 0 Å². The second-order valence-electron chi connectivity index (χ2n) is 1.79. The van der Waals surface area contributed by atoms with Crippen LogP contribution in [-0.4, -0.2) is 16.1 Å².